The van der Waals surface area contributed by atoms with E-state index in [1.54, 1.807) is 24.3 Å². The molecule has 5 heteroatoms. The number of benzene rings is 2. The average Bonchev–Trinajstić information content (AvgIpc) is 2.55. The zero-order valence-corrected chi connectivity index (χ0v) is 13.7. The lowest BCUT2D eigenvalue weighted by molar-refractivity contribution is 0.305. The third-order valence-corrected chi connectivity index (χ3v) is 4.68. The smallest absolute Gasteiger partial charge is 0.240 e. The van der Waals surface area contributed by atoms with E-state index in [-0.39, 0.29) is 18.0 Å². The van der Waals surface area contributed by atoms with Crippen LogP contribution in [0.15, 0.2) is 53.4 Å². The van der Waals surface area contributed by atoms with Gasteiger partial charge in [0.15, 0.2) is 0 Å². The highest BCUT2D eigenvalue weighted by atomic mass is 32.2. The average molecular weight is 329 g/mol. The fourth-order valence-electron chi connectivity index (χ4n) is 1.98. The van der Waals surface area contributed by atoms with Gasteiger partial charge in [-0.2, -0.15) is 0 Å². The SMILES string of the molecule is Cc1ccc(S(=O)(=O)NCc2ccccc2C#CCCO)cc1. The second-order valence-electron chi connectivity index (χ2n) is 5.07. The van der Waals surface area contributed by atoms with Crippen LogP contribution in [0.3, 0.4) is 0 Å². The Labute approximate surface area is 137 Å². The summed E-state index contributed by atoms with van der Waals surface area (Å²) in [6, 6.07) is 14.1. The van der Waals surface area contributed by atoms with Gasteiger partial charge in [-0.1, -0.05) is 47.7 Å². The molecule has 0 fully saturated rings. The topological polar surface area (TPSA) is 66.4 Å². The van der Waals surface area contributed by atoms with Gasteiger partial charge in [0.1, 0.15) is 0 Å². The second-order valence-corrected chi connectivity index (χ2v) is 6.84. The standard InChI is InChI=1S/C18H19NO3S/c1-15-9-11-18(12-10-15)23(21,22)19-14-17-8-3-2-6-16(17)7-4-5-13-20/h2-3,6,8-12,19-20H,5,13-14H2,1H3. The van der Waals surface area contributed by atoms with Crippen molar-refractivity contribution < 1.29 is 13.5 Å². The Bertz CT molecular complexity index is 815. The summed E-state index contributed by atoms with van der Waals surface area (Å²) in [6.45, 7) is 2.08. The number of aryl methyl sites for hydroxylation is 1. The minimum Gasteiger partial charge on any atom is -0.395 e. The van der Waals surface area contributed by atoms with Gasteiger partial charge in [-0.05, 0) is 30.7 Å². The first-order chi connectivity index (χ1) is 11.0. The van der Waals surface area contributed by atoms with E-state index in [0.717, 1.165) is 16.7 Å². The van der Waals surface area contributed by atoms with Crippen molar-refractivity contribution in [3.8, 4) is 11.8 Å². The Hall–Kier alpha value is -2.13. The molecule has 0 spiro atoms. The van der Waals surface area contributed by atoms with Crippen LogP contribution in [0.4, 0.5) is 0 Å². The lowest BCUT2D eigenvalue weighted by Gasteiger charge is -2.08. The summed E-state index contributed by atoms with van der Waals surface area (Å²) < 4.78 is 27.2. The first-order valence-electron chi connectivity index (χ1n) is 7.27. The first kappa shape index (κ1) is 17.2. The van der Waals surface area contributed by atoms with Gasteiger partial charge in [-0.15, -0.1) is 0 Å². The lowest BCUT2D eigenvalue weighted by Crippen LogP contribution is -2.23. The molecule has 2 aromatic carbocycles. The molecule has 2 rings (SSSR count). The van der Waals surface area contributed by atoms with Crippen LogP contribution in [0, 0.1) is 18.8 Å². The highest BCUT2D eigenvalue weighted by molar-refractivity contribution is 7.89. The monoisotopic (exact) mass is 329 g/mol. The summed E-state index contributed by atoms with van der Waals surface area (Å²) in [5, 5.41) is 8.77. The summed E-state index contributed by atoms with van der Waals surface area (Å²) in [6.07, 6.45) is 0.392. The van der Waals surface area contributed by atoms with Crippen LogP contribution in [0.25, 0.3) is 0 Å². The zero-order chi connectivity index (χ0) is 16.7. The van der Waals surface area contributed by atoms with Crippen molar-refractivity contribution >= 4 is 10.0 Å². The molecule has 4 nitrogen and oxygen atoms in total. The Balaban J connectivity index is 2.15. The molecule has 0 atom stereocenters. The zero-order valence-electron chi connectivity index (χ0n) is 12.9. The van der Waals surface area contributed by atoms with Crippen molar-refractivity contribution in [3.63, 3.8) is 0 Å². The Kier molecular flexibility index (Phi) is 5.94. The van der Waals surface area contributed by atoms with Crippen LogP contribution >= 0.6 is 0 Å². The molecule has 23 heavy (non-hydrogen) atoms. The Morgan fingerprint density at radius 1 is 1.09 bits per heavy atom. The van der Waals surface area contributed by atoms with Gasteiger partial charge in [-0.3, -0.25) is 0 Å². The molecule has 0 bridgehead atoms. The van der Waals surface area contributed by atoms with Gasteiger partial charge in [0, 0.05) is 18.5 Å². The molecule has 0 amide bonds. The van der Waals surface area contributed by atoms with Gasteiger partial charge in [0.25, 0.3) is 0 Å². The van der Waals surface area contributed by atoms with Crippen molar-refractivity contribution in [2.45, 2.75) is 24.8 Å². The Morgan fingerprint density at radius 3 is 2.48 bits per heavy atom. The molecule has 0 aliphatic heterocycles. The van der Waals surface area contributed by atoms with E-state index in [9.17, 15) is 8.42 Å². The lowest BCUT2D eigenvalue weighted by atomic mass is 10.1. The van der Waals surface area contributed by atoms with Crippen LogP contribution < -0.4 is 4.72 Å². The molecular formula is C18H19NO3S. The van der Waals surface area contributed by atoms with Gasteiger partial charge < -0.3 is 5.11 Å². The maximum atomic E-state index is 12.3. The largest absolute Gasteiger partial charge is 0.395 e. The van der Waals surface area contributed by atoms with Crippen LogP contribution in [0.2, 0.25) is 0 Å². The van der Waals surface area contributed by atoms with E-state index >= 15 is 0 Å². The predicted octanol–water partition coefficient (Wildman–Crippen LogP) is 2.21. The normalized spacial score (nSPS) is 10.9. The van der Waals surface area contributed by atoms with Crippen LogP contribution in [-0.4, -0.2) is 20.1 Å². The molecule has 120 valence electrons. The van der Waals surface area contributed by atoms with Crippen LogP contribution in [0.1, 0.15) is 23.1 Å². The summed E-state index contributed by atoms with van der Waals surface area (Å²) in [7, 11) is -3.56. The molecule has 2 N–H and O–H groups in total. The van der Waals surface area contributed by atoms with E-state index in [1.807, 2.05) is 31.2 Å². The molecular weight excluding hydrogens is 310 g/mol. The third-order valence-electron chi connectivity index (χ3n) is 3.26. The number of aliphatic hydroxyl groups is 1. The summed E-state index contributed by atoms with van der Waals surface area (Å²) in [5.74, 6) is 5.80. The maximum Gasteiger partial charge on any atom is 0.240 e. The predicted molar refractivity (Wildman–Crippen MR) is 90.2 cm³/mol. The Morgan fingerprint density at radius 2 is 1.78 bits per heavy atom. The molecule has 0 radical (unpaired) electrons. The summed E-state index contributed by atoms with van der Waals surface area (Å²) in [4.78, 5) is 0.243. The molecule has 0 saturated heterocycles. The van der Waals surface area contributed by atoms with Gasteiger partial charge in [-0.25, -0.2) is 13.1 Å². The van der Waals surface area contributed by atoms with E-state index < -0.39 is 10.0 Å². The molecule has 0 aliphatic rings. The molecule has 0 aliphatic carbocycles. The molecule has 2 aromatic rings. The minimum atomic E-state index is -3.56. The highest BCUT2D eigenvalue weighted by Gasteiger charge is 2.13. The third kappa shape index (κ3) is 4.93. The van der Waals surface area contributed by atoms with Gasteiger partial charge in [0.05, 0.1) is 11.5 Å². The molecule has 0 saturated carbocycles. The number of hydrogen-bond donors (Lipinski definition) is 2. The number of rotatable bonds is 5. The first-order valence-corrected chi connectivity index (χ1v) is 8.75. The van der Waals surface area contributed by atoms with Crippen molar-refractivity contribution in [1.82, 2.24) is 4.72 Å². The van der Waals surface area contributed by atoms with Gasteiger partial charge >= 0.3 is 0 Å². The highest BCUT2D eigenvalue weighted by Crippen LogP contribution is 2.12. The fourth-order valence-corrected chi connectivity index (χ4v) is 2.99. The summed E-state index contributed by atoms with van der Waals surface area (Å²) in [5.41, 5.74) is 2.56. The molecule has 0 aromatic heterocycles. The van der Waals surface area contributed by atoms with Crippen LogP contribution in [-0.2, 0) is 16.6 Å². The minimum absolute atomic E-state index is 0.00915. The van der Waals surface area contributed by atoms with E-state index in [4.69, 9.17) is 5.11 Å². The van der Waals surface area contributed by atoms with E-state index in [2.05, 4.69) is 16.6 Å². The number of nitrogens with one attached hydrogen (secondary N) is 1. The van der Waals surface area contributed by atoms with Crippen LogP contribution in [0.5, 0.6) is 0 Å². The number of hydrogen-bond acceptors (Lipinski definition) is 3. The van der Waals surface area contributed by atoms with Crippen molar-refractivity contribution in [2.24, 2.45) is 0 Å². The number of sulfonamides is 1. The molecule has 0 unspecified atom stereocenters. The van der Waals surface area contributed by atoms with Crippen molar-refractivity contribution in [2.75, 3.05) is 6.61 Å². The maximum absolute atomic E-state index is 12.3. The van der Waals surface area contributed by atoms with Crippen molar-refractivity contribution in [3.05, 3.63) is 65.2 Å². The van der Waals surface area contributed by atoms with Gasteiger partial charge in [0.2, 0.25) is 10.0 Å². The quantitative estimate of drug-likeness (QED) is 0.827. The number of aliphatic hydroxyl groups excluding tert-OH is 1. The van der Waals surface area contributed by atoms with E-state index in [1.165, 1.54) is 0 Å². The van der Waals surface area contributed by atoms with E-state index in [0.29, 0.717) is 6.42 Å². The second kappa shape index (κ2) is 7.93. The summed E-state index contributed by atoms with van der Waals surface area (Å²) >= 11 is 0. The fraction of sp³-hybridized carbons (Fsp3) is 0.222. The van der Waals surface area contributed by atoms with Crippen molar-refractivity contribution in [1.29, 1.82) is 0 Å². The molecule has 0 heterocycles.